The van der Waals surface area contributed by atoms with E-state index in [1.165, 1.54) is 24.3 Å². The Balaban J connectivity index is 2.89. The van der Waals surface area contributed by atoms with Crippen LogP contribution in [0.1, 0.15) is 11.7 Å². The molecule has 0 saturated carbocycles. The molecule has 0 aromatic heterocycles. The van der Waals surface area contributed by atoms with E-state index in [9.17, 15) is 13.2 Å². The van der Waals surface area contributed by atoms with Gasteiger partial charge in [-0.25, -0.2) is 0 Å². The molecule has 0 radical (unpaired) electrons. The molecule has 1 unspecified atom stereocenters. The highest BCUT2D eigenvalue weighted by atomic mass is 19.4. The van der Waals surface area contributed by atoms with Gasteiger partial charge in [0.05, 0.1) is 0 Å². The predicted octanol–water partition coefficient (Wildman–Crippen LogP) is 2.35. The van der Waals surface area contributed by atoms with Crippen LogP contribution in [0.4, 0.5) is 18.9 Å². The standard InChI is InChI=1S/C10H12F3NO/c1-14(2)8-5-3-7(4-6-8)9(15)10(11,12)13/h3-6,9,15H,1-2H3. The summed E-state index contributed by atoms with van der Waals surface area (Å²) in [6.07, 6.45) is -7.02. The van der Waals surface area contributed by atoms with Crippen molar-refractivity contribution in [1.82, 2.24) is 0 Å². The van der Waals surface area contributed by atoms with Crippen molar-refractivity contribution in [2.24, 2.45) is 0 Å². The van der Waals surface area contributed by atoms with Gasteiger partial charge in [0.1, 0.15) is 0 Å². The first-order valence-corrected chi connectivity index (χ1v) is 4.34. The summed E-state index contributed by atoms with van der Waals surface area (Å²) in [6.45, 7) is 0. The number of benzene rings is 1. The molecule has 1 N–H and O–H groups in total. The summed E-state index contributed by atoms with van der Waals surface area (Å²) in [5, 5.41) is 8.95. The Morgan fingerprint density at radius 3 is 1.93 bits per heavy atom. The van der Waals surface area contributed by atoms with Crippen LogP contribution in [0.15, 0.2) is 24.3 Å². The molecule has 0 fully saturated rings. The summed E-state index contributed by atoms with van der Waals surface area (Å²) in [5.74, 6) is 0. The molecule has 1 rings (SSSR count). The van der Waals surface area contributed by atoms with E-state index in [4.69, 9.17) is 5.11 Å². The molecule has 2 nitrogen and oxygen atoms in total. The number of alkyl halides is 3. The molecule has 0 amide bonds. The van der Waals surface area contributed by atoms with E-state index in [-0.39, 0.29) is 5.56 Å². The van der Waals surface area contributed by atoms with Gasteiger partial charge in [0.15, 0.2) is 6.10 Å². The van der Waals surface area contributed by atoms with Gasteiger partial charge in [0.2, 0.25) is 0 Å². The Morgan fingerprint density at radius 1 is 1.13 bits per heavy atom. The second kappa shape index (κ2) is 4.10. The number of hydrogen-bond donors (Lipinski definition) is 1. The minimum absolute atomic E-state index is 0.145. The van der Waals surface area contributed by atoms with Crippen LogP contribution in [0, 0.1) is 0 Å². The van der Waals surface area contributed by atoms with Crippen LogP contribution < -0.4 is 4.90 Å². The zero-order chi connectivity index (χ0) is 11.6. The minimum Gasteiger partial charge on any atom is -0.379 e. The van der Waals surface area contributed by atoms with E-state index < -0.39 is 12.3 Å². The molecule has 1 aromatic rings. The van der Waals surface area contributed by atoms with Crippen molar-refractivity contribution in [2.75, 3.05) is 19.0 Å². The quantitative estimate of drug-likeness (QED) is 0.825. The number of hydrogen-bond acceptors (Lipinski definition) is 2. The van der Waals surface area contributed by atoms with Crippen LogP contribution in [-0.2, 0) is 0 Å². The average molecular weight is 219 g/mol. The Hall–Kier alpha value is -1.23. The molecule has 0 saturated heterocycles. The van der Waals surface area contributed by atoms with E-state index in [1.54, 1.807) is 19.0 Å². The van der Waals surface area contributed by atoms with Crippen molar-refractivity contribution >= 4 is 5.69 Å². The van der Waals surface area contributed by atoms with Crippen LogP contribution in [0.3, 0.4) is 0 Å². The van der Waals surface area contributed by atoms with Crippen molar-refractivity contribution in [3.05, 3.63) is 29.8 Å². The highest BCUT2D eigenvalue weighted by Gasteiger charge is 2.39. The second-order valence-corrected chi connectivity index (χ2v) is 3.43. The van der Waals surface area contributed by atoms with Crippen molar-refractivity contribution in [3.63, 3.8) is 0 Å². The first-order valence-electron chi connectivity index (χ1n) is 4.34. The number of rotatable bonds is 2. The maximum atomic E-state index is 12.1. The lowest BCUT2D eigenvalue weighted by molar-refractivity contribution is -0.206. The Bertz CT molecular complexity index is 318. The number of aliphatic hydroxyl groups is 1. The fourth-order valence-electron chi connectivity index (χ4n) is 1.14. The lowest BCUT2D eigenvalue weighted by Gasteiger charge is -2.17. The highest BCUT2D eigenvalue weighted by Crippen LogP contribution is 2.32. The Kier molecular flexibility index (Phi) is 3.24. The van der Waals surface area contributed by atoms with Gasteiger partial charge < -0.3 is 10.0 Å². The van der Waals surface area contributed by atoms with Gasteiger partial charge in [-0.2, -0.15) is 13.2 Å². The largest absolute Gasteiger partial charge is 0.418 e. The molecule has 0 aliphatic rings. The van der Waals surface area contributed by atoms with Gasteiger partial charge in [0, 0.05) is 19.8 Å². The lowest BCUT2D eigenvalue weighted by Crippen LogP contribution is -2.20. The first-order chi connectivity index (χ1) is 6.82. The maximum absolute atomic E-state index is 12.1. The third kappa shape index (κ3) is 2.86. The molecule has 1 atom stereocenters. The Morgan fingerprint density at radius 2 is 1.60 bits per heavy atom. The van der Waals surface area contributed by atoms with Crippen LogP contribution in [-0.4, -0.2) is 25.4 Å². The van der Waals surface area contributed by atoms with Gasteiger partial charge in [-0.1, -0.05) is 12.1 Å². The zero-order valence-corrected chi connectivity index (χ0v) is 8.42. The highest BCUT2D eigenvalue weighted by molar-refractivity contribution is 5.46. The summed E-state index contributed by atoms with van der Waals surface area (Å²) in [7, 11) is 3.57. The van der Waals surface area contributed by atoms with E-state index in [2.05, 4.69) is 0 Å². The maximum Gasteiger partial charge on any atom is 0.418 e. The summed E-state index contributed by atoms with van der Waals surface area (Å²) in [5.41, 5.74) is 0.640. The minimum atomic E-state index is -4.61. The Labute approximate surface area is 85.9 Å². The van der Waals surface area contributed by atoms with Crippen molar-refractivity contribution in [2.45, 2.75) is 12.3 Å². The molecule has 84 valence electrons. The molecule has 0 heterocycles. The molecule has 0 aliphatic carbocycles. The summed E-state index contributed by atoms with van der Waals surface area (Å²) < 4.78 is 36.4. The molecule has 1 aromatic carbocycles. The zero-order valence-electron chi connectivity index (χ0n) is 8.42. The fraction of sp³-hybridized carbons (Fsp3) is 0.400. The van der Waals surface area contributed by atoms with Crippen LogP contribution in [0.2, 0.25) is 0 Å². The van der Waals surface area contributed by atoms with Crippen LogP contribution >= 0.6 is 0 Å². The first kappa shape index (κ1) is 11.8. The van der Waals surface area contributed by atoms with Gasteiger partial charge in [0.25, 0.3) is 0 Å². The number of anilines is 1. The van der Waals surface area contributed by atoms with Crippen molar-refractivity contribution in [3.8, 4) is 0 Å². The van der Waals surface area contributed by atoms with Crippen LogP contribution in [0.25, 0.3) is 0 Å². The number of nitrogens with zero attached hydrogens (tertiary/aromatic N) is 1. The van der Waals surface area contributed by atoms with E-state index in [0.717, 1.165) is 5.69 Å². The normalized spacial score (nSPS) is 13.7. The molecule has 15 heavy (non-hydrogen) atoms. The number of halogens is 3. The predicted molar refractivity (Wildman–Crippen MR) is 51.8 cm³/mol. The lowest BCUT2D eigenvalue weighted by atomic mass is 10.1. The van der Waals surface area contributed by atoms with Crippen molar-refractivity contribution < 1.29 is 18.3 Å². The molecule has 5 heteroatoms. The summed E-state index contributed by atoms with van der Waals surface area (Å²) in [4.78, 5) is 1.77. The molecular formula is C10H12F3NO. The van der Waals surface area contributed by atoms with Gasteiger partial charge in [-0.05, 0) is 17.7 Å². The van der Waals surface area contributed by atoms with Gasteiger partial charge in [-0.3, -0.25) is 0 Å². The second-order valence-electron chi connectivity index (χ2n) is 3.43. The molecule has 0 aliphatic heterocycles. The summed E-state index contributed by atoms with van der Waals surface area (Å²) in [6, 6.07) is 5.61. The monoisotopic (exact) mass is 219 g/mol. The third-order valence-corrected chi connectivity index (χ3v) is 2.04. The SMILES string of the molecule is CN(C)c1ccc(C(O)C(F)(F)F)cc1. The van der Waals surface area contributed by atoms with E-state index >= 15 is 0 Å². The third-order valence-electron chi connectivity index (χ3n) is 2.04. The smallest absolute Gasteiger partial charge is 0.379 e. The van der Waals surface area contributed by atoms with E-state index in [0.29, 0.717) is 0 Å². The topological polar surface area (TPSA) is 23.5 Å². The molecule has 0 spiro atoms. The molecule has 0 bridgehead atoms. The van der Waals surface area contributed by atoms with Gasteiger partial charge >= 0.3 is 6.18 Å². The van der Waals surface area contributed by atoms with Crippen molar-refractivity contribution in [1.29, 1.82) is 0 Å². The summed E-state index contributed by atoms with van der Waals surface area (Å²) >= 11 is 0. The average Bonchev–Trinajstić information content (AvgIpc) is 2.15. The number of aliphatic hydroxyl groups excluding tert-OH is 1. The fourth-order valence-corrected chi connectivity index (χ4v) is 1.14. The van der Waals surface area contributed by atoms with Gasteiger partial charge in [-0.15, -0.1) is 0 Å². The van der Waals surface area contributed by atoms with E-state index in [1.807, 2.05) is 0 Å². The molecular weight excluding hydrogens is 207 g/mol. The van der Waals surface area contributed by atoms with Crippen LogP contribution in [0.5, 0.6) is 0 Å².